The van der Waals surface area contributed by atoms with E-state index < -0.39 is 0 Å². The minimum Gasteiger partial charge on any atom is -0.464 e. The Bertz CT molecular complexity index is 886. The van der Waals surface area contributed by atoms with Gasteiger partial charge in [-0.25, -0.2) is 0 Å². The predicted octanol–water partition coefficient (Wildman–Crippen LogP) is 5.57. The summed E-state index contributed by atoms with van der Waals surface area (Å²) in [7, 11) is 0. The Morgan fingerprint density at radius 1 is 0.939 bits per heavy atom. The van der Waals surface area contributed by atoms with Crippen LogP contribution in [0.5, 0.6) is 0 Å². The summed E-state index contributed by atoms with van der Waals surface area (Å²) in [5.74, 6) is 2.44. The molecular formula is C28H39NO4. The third-order valence-corrected chi connectivity index (χ3v) is 8.23. The SMILES string of the molecule is O=C(CC1CCC(CCN2CCC(c3cccc4occc34)CC2)CC1)CC1COCCO1. The Hall–Kier alpha value is -1.69. The van der Waals surface area contributed by atoms with E-state index in [9.17, 15) is 4.79 Å². The van der Waals surface area contributed by atoms with Gasteiger partial charge in [-0.1, -0.05) is 25.0 Å². The zero-order valence-corrected chi connectivity index (χ0v) is 19.9. The zero-order chi connectivity index (χ0) is 22.5. The first-order valence-electron chi connectivity index (χ1n) is 13.1. The quantitative estimate of drug-likeness (QED) is 0.523. The molecule has 5 heteroatoms. The van der Waals surface area contributed by atoms with E-state index >= 15 is 0 Å². The second kappa shape index (κ2) is 11.2. The van der Waals surface area contributed by atoms with Crippen molar-refractivity contribution in [2.45, 2.75) is 69.8 Å². The monoisotopic (exact) mass is 453 g/mol. The minimum atomic E-state index is -0.0145. The van der Waals surface area contributed by atoms with Crippen molar-refractivity contribution in [3.05, 3.63) is 36.1 Å². The Morgan fingerprint density at radius 3 is 2.55 bits per heavy atom. The van der Waals surface area contributed by atoms with Crippen molar-refractivity contribution in [1.82, 2.24) is 4.90 Å². The van der Waals surface area contributed by atoms with Crippen LogP contribution in [-0.2, 0) is 14.3 Å². The molecule has 0 spiro atoms. The Balaban J connectivity index is 0.989. The van der Waals surface area contributed by atoms with Gasteiger partial charge in [-0.2, -0.15) is 0 Å². The van der Waals surface area contributed by atoms with E-state index in [0.29, 0.717) is 43.9 Å². The third-order valence-electron chi connectivity index (χ3n) is 8.23. The van der Waals surface area contributed by atoms with Gasteiger partial charge in [-0.05, 0) is 87.2 Å². The first-order valence-corrected chi connectivity index (χ1v) is 13.1. The molecule has 1 aromatic heterocycles. The third kappa shape index (κ3) is 6.06. The van der Waals surface area contributed by atoms with Crippen LogP contribution in [0.15, 0.2) is 34.9 Å². The number of hydrogen-bond donors (Lipinski definition) is 0. The standard InChI is InChI=1S/C28H39NO4/c30-24(19-25-20-31-16-17-32-25)18-22-6-4-21(5-7-22)8-12-29-13-9-23(10-14-29)26-2-1-3-28-27(26)11-15-33-28/h1-3,11,15,21-23,25H,4-10,12-14,16-20H2. The average molecular weight is 454 g/mol. The lowest BCUT2D eigenvalue weighted by Gasteiger charge is -2.34. The summed E-state index contributed by atoms with van der Waals surface area (Å²) in [6, 6.07) is 8.62. The maximum Gasteiger partial charge on any atom is 0.135 e. The number of fused-ring (bicyclic) bond motifs is 1. The Labute approximate surface area is 197 Å². The smallest absolute Gasteiger partial charge is 0.135 e. The molecule has 5 nitrogen and oxygen atoms in total. The van der Waals surface area contributed by atoms with Gasteiger partial charge in [0.05, 0.1) is 32.2 Å². The molecular weight excluding hydrogens is 414 g/mol. The lowest BCUT2D eigenvalue weighted by Crippen LogP contribution is -2.35. The average Bonchev–Trinajstić information content (AvgIpc) is 3.34. The highest BCUT2D eigenvalue weighted by Crippen LogP contribution is 2.35. The van der Waals surface area contributed by atoms with E-state index in [1.807, 2.05) is 6.26 Å². The summed E-state index contributed by atoms with van der Waals surface area (Å²) in [6.45, 7) is 5.51. The van der Waals surface area contributed by atoms with E-state index in [1.165, 1.54) is 75.5 Å². The lowest BCUT2D eigenvalue weighted by atomic mass is 9.78. The molecule has 5 rings (SSSR count). The first-order chi connectivity index (χ1) is 16.2. The number of hydrogen-bond acceptors (Lipinski definition) is 5. The maximum atomic E-state index is 12.4. The van der Waals surface area contributed by atoms with Crippen LogP contribution in [0.25, 0.3) is 11.0 Å². The van der Waals surface area contributed by atoms with Crippen molar-refractivity contribution in [3.63, 3.8) is 0 Å². The van der Waals surface area contributed by atoms with Gasteiger partial charge >= 0.3 is 0 Å². The molecule has 1 aliphatic carbocycles. The highest BCUT2D eigenvalue weighted by Gasteiger charge is 2.27. The summed E-state index contributed by atoms with van der Waals surface area (Å²) in [5.41, 5.74) is 2.49. The van der Waals surface area contributed by atoms with Crippen molar-refractivity contribution < 1.29 is 18.7 Å². The number of likely N-dealkylation sites (tertiary alicyclic amines) is 1. The Kier molecular flexibility index (Phi) is 7.80. The normalized spacial score (nSPS) is 27.7. The van der Waals surface area contributed by atoms with E-state index in [-0.39, 0.29) is 6.10 Å². The summed E-state index contributed by atoms with van der Waals surface area (Å²) < 4.78 is 16.7. The van der Waals surface area contributed by atoms with E-state index in [1.54, 1.807) is 0 Å². The van der Waals surface area contributed by atoms with E-state index in [0.717, 1.165) is 17.9 Å². The lowest BCUT2D eigenvalue weighted by molar-refractivity contribution is -0.130. The molecule has 2 aromatic rings. The topological polar surface area (TPSA) is 51.9 Å². The van der Waals surface area contributed by atoms with Gasteiger partial charge < -0.3 is 18.8 Å². The van der Waals surface area contributed by atoms with E-state index in [4.69, 9.17) is 13.9 Å². The van der Waals surface area contributed by atoms with Crippen LogP contribution < -0.4 is 0 Å². The van der Waals surface area contributed by atoms with Gasteiger partial charge in [-0.15, -0.1) is 0 Å². The number of ketones is 1. The number of carbonyl (C=O) groups is 1. The summed E-state index contributed by atoms with van der Waals surface area (Å²) in [6.07, 6.45) is 11.9. The van der Waals surface area contributed by atoms with Gasteiger partial charge in [0.15, 0.2) is 0 Å². The highest BCUT2D eigenvalue weighted by molar-refractivity contribution is 5.81. The van der Waals surface area contributed by atoms with Crippen molar-refractivity contribution >= 4 is 16.8 Å². The number of Topliss-reactive ketones (excluding diaryl/α,β-unsaturated/α-hetero) is 1. The molecule has 0 bridgehead atoms. The van der Waals surface area contributed by atoms with Crippen LogP contribution in [0.2, 0.25) is 0 Å². The fourth-order valence-corrected chi connectivity index (χ4v) is 6.24. The van der Waals surface area contributed by atoms with Crippen LogP contribution >= 0.6 is 0 Å². The number of piperidine rings is 1. The van der Waals surface area contributed by atoms with Crippen molar-refractivity contribution in [2.75, 3.05) is 39.5 Å². The summed E-state index contributed by atoms with van der Waals surface area (Å²) in [5, 5.41) is 1.30. The molecule has 0 N–H and O–H groups in total. The Morgan fingerprint density at radius 2 is 1.76 bits per heavy atom. The van der Waals surface area contributed by atoms with Gasteiger partial charge in [-0.3, -0.25) is 4.79 Å². The molecule has 3 aliphatic rings. The van der Waals surface area contributed by atoms with Crippen LogP contribution in [0.3, 0.4) is 0 Å². The largest absolute Gasteiger partial charge is 0.464 e. The molecule has 2 aliphatic heterocycles. The number of nitrogens with zero attached hydrogens (tertiary/aromatic N) is 1. The number of carbonyl (C=O) groups excluding carboxylic acids is 1. The zero-order valence-electron chi connectivity index (χ0n) is 19.9. The van der Waals surface area contributed by atoms with Gasteiger partial charge in [0.2, 0.25) is 0 Å². The molecule has 33 heavy (non-hydrogen) atoms. The van der Waals surface area contributed by atoms with Gasteiger partial charge in [0, 0.05) is 18.2 Å². The maximum absolute atomic E-state index is 12.4. The van der Waals surface area contributed by atoms with Crippen LogP contribution in [0.4, 0.5) is 0 Å². The molecule has 0 amide bonds. The molecule has 180 valence electrons. The molecule has 1 unspecified atom stereocenters. The number of benzene rings is 1. The highest BCUT2D eigenvalue weighted by atomic mass is 16.6. The predicted molar refractivity (Wildman–Crippen MR) is 129 cm³/mol. The number of furan rings is 1. The van der Waals surface area contributed by atoms with Gasteiger partial charge in [0.25, 0.3) is 0 Å². The van der Waals surface area contributed by atoms with Crippen LogP contribution in [0, 0.1) is 11.8 Å². The molecule has 3 fully saturated rings. The minimum absolute atomic E-state index is 0.0145. The fourth-order valence-electron chi connectivity index (χ4n) is 6.24. The molecule has 1 atom stereocenters. The molecule has 1 saturated carbocycles. The number of rotatable bonds is 8. The first kappa shape index (κ1) is 23.1. The second-order valence-corrected chi connectivity index (χ2v) is 10.5. The van der Waals surface area contributed by atoms with Crippen molar-refractivity contribution in [2.24, 2.45) is 11.8 Å². The van der Waals surface area contributed by atoms with Crippen LogP contribution in [-0.4, -0.2) is 56.2 Å². The van der Waals surface area contributed by atoms with Gasteiger partial charge in [0.1, 0.15) is 11.4 Å². The molecule has 0 radical (unpaired) electrons. The van der Waals surface area contributed by atoms with Crippen LogP contribution in [0.1, 0.15) is 69.3 Å². The molecule has 2 saturated heterocycles. The van der Waals surface area contributed by atoms with E-state index in [2.05, 4.69) is 29.2 Å². The van der Waals surface area contributed by atoms with Crippen molar-refractivity contribution in [3.8, 4) is 0 Å². The number of ether oxygens (including phenoxy) is 2. The summed E-state index contributed by atoms with van der Waals surface area (Å²) >= 11 is 0. The molecule has 1 aromatic carbocycles. The van der Waals surface area contributed by atoms with Crippen molar-refractivity contribution in [1.29, 1.82) is 0 Å². The second-order valence-electron chi connectivity index (χ2n) is 10.5. The molecule has 3 heterocycles. The summed E-state index contributed by atoms with van der Waals surface area (Å²) in [4.78, 5) is 15.1. The fraction of sp³-hybridized carbons (Fsp3) is 0.679.